The second-order valence-electron chi connectivity index (χ2n) is 3.53. The smallest absolute Gasteiger partial charge is 0.222 e. The van der Waals surface area contributed by atoms with Crippen molar-refractivity contribution in [3.8, 4) is 5.75 Å². The Bertz CT molecular complexity index is 382. The fourth-order valence-corrected chi connectivity index (χ4v) is 1.65. The third kappa shape index (κ3) is 4.63. The van der Waals surface area contributed by atoms with Crippen LogP contribution in [-0.2, 0) is 11.2 Å². The van der Waals surface area contributed by atoms with Gasteiger partial charge in [-0.05, 0) is 24.1 Å². The number of hydrogen-bond donors (Lipinski definition) is 2. The number of amides is 1. The molecule has 0 aliphatic rings. The summed E-state index contributed by atoms with van der Waals surface area (Å²) in [4.78, 5) is 11.1. The quantitative estimate of drug-likeness (QED) is 0.810. The van der Waals surface area contributed by atoms with Crippen molar-refractivity contribution in [2.75, 3.05) is 20.3 Å². The highest BCUT2D eigenvalue weighted by Gasteiger charge is 2.03. The van der Waals surface area contributed by atoms with Crippen LogP contribution in [-0.4, -0.2) is 31.3 Å². The molecular weight excluding hydrogens is 242 g/mol. The highest BCUT2D eigenvalue weighted by molar-refractivity contribution is 6.31. The highest BCUT2D eigenvalue weighted by atomic mass is 35.5. The van der Waals surface area contributed by atoms with Gasteiger partial charge in [0.1, 0.15) is 5.75 Å². The molecule has 1 aromatic rings. The van der Waals surface area contributed by atoms with E-state index in [1.165, 1.54) is 0 Å². The first-order valence-corrected chi connectivity index (χ1v) is 5.75. The zero-order valence-corrected chi connectivity index (χ0v) is 10.5. The maximum atomic E-state index is 11.1. The maximum absolute atomic E-state index is 11.1. The molecule has 0 saturated heterocycles. The fraction of sp³-hybridized carbons (Fsp3) is 0.417. The Hall–Kier alpha value is -1.26. The summed E-state index contributed by atoms with van der Waals surface area (Å²) in [5.74, 6) is 0.556. The van der Waals surface area contributed by atoms with Crippen LogP contribution >= 0.6 is 11.6 Å². The summed E-state index contributed by atoms with van der Waals surface area (Å²) in [5.41, 5.74) is 0.955. The number of methoxy groups -OCH3 is 1. The van der Waals surface area contributed by atoms with E-state index in [1.54, 1.807) is 13.2 Å². The van der Waals surface area contributed by atoms with Gasteiger partial charge in [0.2, 0.25) is 5.91 Å². The highest BCUT2D eigenvalue weighted by Crippen LogP contribution is 2.22. The molecule has 4 nitrogen and oxygen atoms in total. The topological polar surface area (TPSA) is 58.6 Å². The van der Waals surface area contributed by atoms with Gasteiger partial charge in [0.25, 0.3) is 0 Å². The number of benzene rings is 1. The number of carbonyl (C=O) groups excluding carboxylic acids is 1. The number of hydrogen-bond acceptors (Lipinski definition) is 3. The van der Waals surface area contributed by atoms with Gasteiger partial charge in [-0.15, -0.1) is 0 Å². The molecule has 1 aromatic carbocycles. The van der Waals surface area contributed by atoms with Crippen molar-refractivity contribution in [3.63, 3.8) is 0 Å². The molecular formula is C12H16ClNO3. The van der Waals surface area contributed by atoms with Gasteiger partial charge in [0.15, 0.2) is 0 Å². The van der Waals surface area contributed by atoms with Gasteiger partial charge in [0, 0.05) is 18.0 Å². The van der Waals surface area contributed by atoms with Crippen molar-refractivity contribution in [3.05, 3.63) is 28.8 Å². The van der Waals surface area contributed by atoms with Gasteiger partial charge >= 0.3 is 0 Å². The van der Waals surface area contributed by atoms with Crippen LogP contribution in [0.1, 0.15) is 12.0 Å². The number of nitrogens with one attached hydrogen (secondary N) is 1. The molecule has 0 aromatic heterocycles. The Balaban J connectivity index is 2.44. The largest absolute Gasteiger partial charge is 0.497 e. The molecule has 0 aliphatic heterocycles. The van der Waals surface area contributed by atoms with Crippen LogP contribution < -0.4 is 10.1 Å². The molecule has 5 heteroatoms. The maximum Gasteiger partial charge on any atom is 0.222 e. The molecule has 17 heavy (non-hydrogen) atoms. The number of aliphatic hydroxyl groups is 1. The monoisotopic (exact) mass is 257 g/mol. The van der Waals surface area contributed by atoms with Gasteiger partial charge < -0.3 is 15.2 Å². The molecule has 2 N–H and O–H groups in total. The number of aliphatic hydroxyl groups excluding tert-OH is 1. The molecule has 0 atom stereocenters. The van der Waals surface area contributed by atoms with E-state index in [2.05, 4.69) is 5.32 Å². The standard InChI is InChI=1S/C12H16ClNO3/c1-17-10-3-2-9(11(13)8-10)4-6-14-12(16)5-7-15/h2-3,8,15H,4-7H2,1H3,(H,14,16). The number of carbonyl (C=O) groups is 1. The molecule has 1 amide bonds. The van der Waals surface area contributed by atoms with Gasteiger partial charge in [-0.2, -0.15) is 0 Å². The lowest BCUT2D eigenvalue weighted by atomic mass is 10.1. The third-order valence-corrected chi connectivity index (χ3v) is 2.67. The van der Waals surface area contributed by atoms with Crippen molar-refractivity contribution in [1.29, 1.82) is 0 Å². The lowest BCUT2D eigenvalue weighted by Crippen LogP contribution is -2.26. The summed E-state index contributed by atoms with van der Waals surface area (Å²) in [5, 5.41) is 11.9. The minimum Gasteiger partial charge on any atom is -0.497 e. The van der Waals surface area contributed by atoms with E-state index in [9.17, 15) is 4.79 Å². The lowest BCUT2D eigenvalue weighted by molar-refractivity contribution is -0.121. The predicted molar refractivity (Wildman–Crippen MR) is 66.4 cm³/mol. The number of rotatable bonds is 6. The zero-order valence-electron chi connectivity index (χ0n) is 9.70. The number of ether oxygens (including phenoxy) is 1. The van der Waals surface area contributed by atoms with Crippen LogP contribution in [0.15, 0.2) is 18.2 Å². The molecule has 0 aliphatic carbocycles. The predicted octanol–water partition coefficient (Wildman–Crippen LogP) is 1.39. The average molecular weight is 258 g/mol. The van der Waals surface area contributed by atoms with E-state index >= 15 is 0 Å². The van der Waals surface area contributed by atoms with E-state index < -0.39 is 0 Å². The average Bonchev–Trinajstić information content (AvgIpc) is 2.31. The summed E-state index contributed by atoms with van der Waals surface area (Å²) in [6.45, 7) is 0.375. The van der Waals surface area contributed by atoms with E-state index in [1.807, 2.05) is 12.1 Å². The molecule has 0 unspecified atom stereocenters. The Labute approximate surface area is 106 Å². The molecule has 0 spiro atoms. The van der Waals surface area contributed by atoms with Gasteiger partial charge in [-0.3, -0.25) is 4.79 Å². The molecule has 0 radical (unpaired) electrons. The summed E-state index contributed by atoms with van der Waals surface area (Å²) in [6, 6.07) is 5.45. The summed E-state index contributed by atoms with van der Waals surface area (Å²) >= 11 is 6.05. The first-order chi connectivity index (χ1) is 8.17. The lowest BCUT2D eigenvalue weighted by Gasteiger charge is -2.07. The number of halogens is 1. The molecule has 0 bridgehead atoms. The second-order valence-corrected chi connectivity index (χ2v) is 3.94. The van der Waals surface area contributed by atoms with Gasteiger partial charge in [0.05, 0.1) is 13.7 Å². The summed E-state index contributed by atoms with van der Waals surface area (Å²) < 4.78 is 5.04. The third-order valence-electron chi connectivity index (χ3n) is 2.32. The van der Waals surface area contributed by atoms with Gasteiger partial charge in [-0.1, -0.05) is 17.7 Å². The van der Waals surface area contributed by atoms with Crippen LogP contribution in [0.25, 0.3) is 0 Å². The van der Waals surface area contributed by atoms with Crippen LogP contribution in [0.4, 0.5) is 0 Å². The molecule has 1 rings (SSSR count). The zero-order chi connectivity index (χ0) is 12.7. The fourth-order valence-electron chi connectivity index (χ4n) is 1.38. The van der Waals surface area contributed by atoms with E-state index in [-0.39, 0.29) is 18.9 Å². The Morgan fingerprint density at radius 2 is 2.29 bits per heavy atom. The molecule has 0 saturated carbocycles. The Kier molecular flexibility index (Phi) is 5.80. The minimum absolute atomic E-state index is 0.130. The van der Waals surface area contributed by atoms with Crippen LogP contribution in [0, 0.1) is 0 Å². The first-order valence-electron chi connectivity index (χ1n) is 5.37. The van der Waals surface area contributed by atoms with Crippen molar-refractivity contribution >= 4 is 17.5 Å². The van der Waals surface area contributed by atoms with Crippen LogP contribution in [0.3, 0.4) is 0 Å². The molecule has 94 valence electrons. The normalized spacial score (nSPS) is 10.1. The second kappa shape index (κ2) is 7.14. The summed E-state index contributed by atoms with van der Waals surface area (Å²) in [6.07, 6.45) is 0.788. The van der Waals surface area contributed by atoms with Crippen molar-refractivity contribution in [2.45, 2.75) is 12.8 Å². The van der Waals surface area contributed by atoms with Crippen molar-refractivity contribution in [1.82, 2.24) is 5.32 Å². The van der Waals surface area contributed by atoms with Crippen LogP contribution in [0.5, 0.6) is 5.75 Å². The van der Waals surface area contributed by atoms with E-state index in [0.717, 1.165) is 5.56 Å². The van der Waals surface area contributed by atoms with Crippen molar-refractivity contribution in [2.24, 2.45) is 0 Å². The minimum atomic E-state index is -0.155. The van der Waals surface area contributed by atoms with Crippen LogP contribution in [0.2, 0.25) is 5.02 Å². The molecule has 0 fully saturated rings. The molecule has 0 heterocycles. The van der Waals surface area contributed by atoms with E-state index in [4.69, 9.17) is 21.4 Å². The van der Waals surface area contributed by atoms with Crippen molar-refractivity contribution < 1.29 is 14.6 Å². The SMILES string of the molecule is COc1ccc(CCNC(=O)CCO)c(Cl)c1. The van der Waals surface area contributed by atoms with Gasteiger partial charge in [-0.25, -0.2) is 0 Å². The summed E-state index contributed by atoms with van der Waals surface area (Å²) in [7, 11) is 1.58. The first kappa shape index (κ1) is 13.8. The van der Waals surface area contributed by atoms with E-state index in [0.29, 0.717) is 23.7 Å². The Morgan fingerprint density at radius 1 is 1.53 bits per heavy atom. The Morgan fingerprint density at radius 3 is 2.88 bits per heavy atom.